The number of benzene rings is 5. The number of rotatable bonds is 10. The van der Waals surface area contributed by atoms with Crippen molar-refractivity contribution in [3.05, 3.63) is 130 Å². The monoisotopic (exact) mass is 716 g/mol. The van der Waals surface area contributed by atoms with E-state index in [1.54, 1.807) is 24.3 Å². The smallest absolute Gasteiger partial charge is 0.409 e. The fraction of sp³-hybridized carbons (Fsp3) is 0.268. The van der Waals surface area contributed by atoms with E-state index in [-0.39, 0.29) is 30.8 Å². The van der Waals surface area contributed by atoms with Crippen molar-refractivity contribution >= 4 is 56.6 Å². The van der Waals surface area contributed by atoms with Crippen molar-refractivity contribution in [2.75, 3.05) is 30.9 Å². The lowest BCUT2D eigenvalue weighted by molar-refractivity contribution is -0.168. The van der Waals surface area contributed by atoms with E-state index in [2.05, 4.69) is 52.5 Å². The third kappa shape index (κ3) is 6.01. The summed E-state index contributed by atoms with van der Waals surface area (Å²) < 4.78 is 42.7. The van der Waals surface area contributed by atoms with Crippen LogP contribution in [0.15, 0.2) is 95.9 Å². The molecular formula is C41H41BN2O7S. The first-order chi connectivity index (χ1) is 25.0. The van der Waals surface area contributed by atoms with Crippen LogP contribution >= 0.6 is 0 Å². The number of carbonyl (C=O) groups excluding carboxylic acids is 2. The molecule has 52 heavy (non-hydrogen) atoms. The van der Waals surface area contributed by atoms with Gasteiger partial charge >= 0.3 is 18.9 Å². The van der Waals surface area contributed by atoms with Crippen molar-refractivity contribution in [3.8, 4) is 0 Å². The Morgan fingerprint density at radius 2 is 1.44 bits per heavy atom. The molecule has 5 aromatic carbocycles. The van der Waals surface area contributed by atoms with Crippen LogP contribution in [0.3, 0.4) is 0 Å². The number of ether oxygens (including phenoxy) is 2. The molecule has 0 spiro atoms. The predicted octanol–water partition coefficient (Wildman–Crippen LogP) is 5.97. The molecule has 1 aliphatic heterocycles. The normalized spacial score (nSPS) is 14.6. The van der Waals surface area contributed by atoms with Gasteiger partial charge in [-0.25, -0.2) is 0 Å². The average molecular weight is 717 g/mol. The van der Waals surface area contributed by atoms with Gasteiger partial charge in [-0.1, -0.05) is 72.3 Å². The van der Waals surface area contributed by atoms with Gasteiger partial charge in [0.1, 0.15) is 0 Å². The molecule has 0 unspecified atom stereocenters. The molecule has 11 heteroatoms. The molecule has 1 aliphatic carbocycles. The second-order valence-corrected chi connectivity index (χ2v) is 15.3. The van der Waals surface area contributed by atoms with Gasteiger partial charge in [-0.15, -0.1) is 0 Å². The number of carbonyl (C=O) groups is 2. The summed E-state index contributed by atoms with van der Waals surface area (Å²) in [6.07, 6.45) is 0.489. The van der Waals surface area contributed by atoms with Crippen LogP contribution in [0.1, 0.15) is 38.9 Å². The number of hydrogen-bond donors (Lipinski definition) is 1. The lowest BCUT2D eigenvalue weighted by atomic mass is 9.58. The van der Waals surface area contributed by atoms with Crippen molar-refractivity contribution in [2.45, 2.75) is 51.5 Å². The van der Waals surface area contributed by atoms with E-state index < -0.39 is 34.5 Å². The van der Waals surface area contributed by atoms with E-state index in [1.165, 1.54) is 14.2 Å². The van der Waals surface area contributed by atoms with E-state index in [0.717, 1.165) is 66.6 Å². The lowest BCUT2D eigenvalue weighted by Gasteiger charge is -2.40. The maximum Gasteiger partial charge on any atom is 0.409 e. The molecule has 1 heterocycles. The Morgan fingerprint density at radius 3 is 2.10 bits per heavy atom. The van der Waals surface area contributed by atoms with Gasteiger partial charge in [0.25, 0.3) is 10.1 Å². The highest BCUT2D eigenvalue weighted by Crippen LogP contribution is 2.44. The molecule has 0 amide bonds. The summed E-state index contributed by atoms with van der Waals surface area (Å²) in [6, 6.07) is 29.3. The highest BCUT2D eigenvalue weighted by Gasteiger charge is 2.54. The topological polar surface area (TPSA) is 111 Å². The van der Waals surface area contributed by atoms with Gasteiger partial charge < -0.3 is 19.5 Å². The standard InChI is InChI=1S/C41H41BN2O7S/c1-26-17-19-31(20-18-26)52(47,48)51-22-21-32-27(2)33-23-41(39(45)49-4,40(46)50-5)24-34(33)28(3)38(32)42-43-35-15-9-13-30-14-10-16-36(37(30)35)44(42)25-29-11-7-6-8-12-29/h6-20,43H,21-25H2,1-5H3. The second kappa shape index (κ2) is 13.8. The Morgan fingerprint density at radius 1 is 0.808 bits per heavy atom. The Labute approximate surface area is 305 Å². The van der Waals surface area contributed by atoms with Gasteiger partial charge in [0.15, 0.2) is 5.41 Å². The zero-order valence-corrected chi connectivity index (χ0v) is 30.8. The maximum absolute atomic E-state index is 13.4. The molecule has 2 aliphatic rings. The van der Waals surface area contributed by atoms with E-state index in [1.807, 2.05) is 45.0 Å². The number of esters is 2. The first kappa shape index (κ1) is 35.3. The van der Waals surface area contributed by atoms with E-state index in [0.29, 0.717) is 6.54 Å². The predicted molar refractivity (Wildman–Crippen MR) is 203 cm³/mol. The summed E-state index contributed by atoms with van der Waals surface area (Å²) in [5.41, 5.74) is 7.93. The number of methoxy groups -OCH3 is 2. The van der Waals surface area contributed by atoms with Crippen LogP contribution in [0.25, 0.3) is 10.8 Å². The summed E-state index contributed by atoms with van der Waals surface area (Å²) in [5, 5.41) is 6.07. The Hall–Kier alpha value is -5.13. The number of nitrogens with one attached hydrogen (secondary N) is 1. The van der Waals surface area contributed by atoms with Gasteiger partial charge in [-0.2, -0.15) is 8.42 Å². The zero-order valence-electron chi connectivity index (χ0n) is 30.0. The minimum Gasteiger partial charge on any atom is -0.468 e. The third-order valence-corrected chi connectivity index (χ3v) is 12.1. The van der Waals surface area contributed by atoms with E-state index in [9.17, 15) is 18.0 Å². The maximum atomic E-state index is 13.4. The summed E-state index contributed by atoms with van der Waals surface area (Å²) >= 11 is 0. The number of nitrogens with zero attached hydrogens (tertiary/aromatic N) is 1. The molecule has 9 nitrogen and oxygen atoms in total. The van der Waals surface area contributed by atoms with Crippen LogP contribution in [0, 0.1) is 26.2 Å². The molecule has 0 fully saturated rings. The van der Waals surface area contributed by atoms with Crippen LogP contribution in [0.5, 0.6) is 0 Å². The van der Waals surface area contributed by atoms with E-state index in [4.69, 9.17) is 13.7 Å². The van der Waals surface area contributed by atoms with Crippen molar-refractivity contribution in [1.29, 1.82) is 0 Å². The highest BCUT2D eigenvalue weighted by atomic mass is 32.2. The summed E-state index contributed by atoms with van der Waals surface area (Å²) in [5.74, 6) is -1.29. The van der Waals surface area contributed by atoms with Crippen LogP contribution in [-0.4, -0.2) is 48.2 Å². The molecule has 0 aromatic heterocycles. The number of hydrogen-bond acceptors (Lipinski definition) is 9. The number of aryl methyl sites for hydroxylation is 1. The summed E-state index contributed by atoms with van der Waals surface area (Å²) in [7, 11) is -1.47. The van der Waals surface area contributed by atoms with Gasteiger partial charge in [0.05, 0.1) is 25.7 Å². The first-order valence-electron chi connectivity index (χ1n) is 17.3. The minimum atomic E-state index is -4.03. The minimum absolute atomic E-state index is 0.0915. The molecule has 7 rings (SSSR count). The second-order valence-electron chi connectivity index (χ2n) is 13.7. The molecule has 1 N–H and O–H groups in total. The Balaban J connectivity index is 1.39. The SMILES string of the molecule is COC(=O)C1(C(=O)OC)Cc2c(C)c(CCOS(=O)(=O)c3ccc(C)cc3)c(B3Nc4cccc5cccc(c45)N3Cc3ccccc3)c(C)c2C1. The van der Waals surface area contributed by atoms with Crippen LogP contribution in [0.4, 0.5) is 11.4 Å². The number of anilines is 2. The number of fused-ring (bicyclic) bond motifs is 1. The quantitative estimate of drug-likeness (QED) is 0.0809. The van der Waals surface area contributed by atoms with Crippen molar-refractivity contribution in [3.63, 3.8) is 0 Å². The van der Waals surface area contributed by atoms with E-state index >= 15 is 0 Å². The van der Waals surface area contributed by atoms with Crippen LogP contribution in [-0.2, 0) is 59.2 Å². The highest BCUT2D eigenvalue weighted by molar-refractivity contribution is 7.86. The molecule has 0 atom stereocenters. The Bertz CT molecular complexity index is 2290. The molecule has 0 radical (unpaired) electrons. The lowest BCUT2D eigenvalue weighted by Crippen LogP contribution is -2.58. The fourth-order valence-electron chi connectivity index (χ4n) is 8.08. The summed E-state index contributed by atoms with van der Waals surface area (Å²) in [4.78, 5) is 29.2. The van der Waals surface area contributed by atoms with Crippen molar-refractivity contribution in [2.24, 2.45) is 5.41 Å². The van der Waals surface area contributed by atoms with Crippen molar-refractivity contribution in [1.82, 2.24) is 0 Å². The van der Waals surface area contributed by atoms with Crippen LogP contribution < -0.4 is 15.5 Å². The Kier molecular flexibility index (Phi) is 9.35. The first-order valence-corrected chi connectivity index (χ1v) is 18.8. The van der Waals surface area contributed by atoms with Gasteiger partial charge in [-0.05, 0) is 95.7 Å². The summed E-state index contributed by atoms with van der Waals surface area (Å²) in [6.45, 7) is 5.96. The molecule has 0 saturated heterocycles. The molecule has 5 aromatic rings. The molecule has 0 saturated carbocycles. The molecular weight excluding hydrogens is 675 g/mol. The largest absolute Gasteiger partial charge is 0.468 e. The zero-order chi connectivity index (χ0) is 36.8. The van der Waals surface area contributed by atoms with Crippen LogP contribution in [0.2, 0.25) is 0 Å². The average Bonchev–Trinajstić information content (AvgIpc) is 3.58. The van der Waals surface area contributed by atoms with Gasteiger partial charge in [-0.3, -0.25) is 13.8 Å². The van der Waals surface area contributed by atoms with Gasteiger partial charge in [0.2, 0.25) is 0 Å². The van der Waals surface area contributed by atoms with Gasteiger partial charge in [0, 0.05) is 36.1 Å². The molecule has 266 valence electrons. The van der Waals surface area contributed by atoms with Crippen molar-refractivity contribution < 1.29 is 31.7 Å². The molecule has 0 bridgehead atoms. The fourth-order valence-corrected chi connectivity index (χ4v) is 8.99. The third-order valence-electron chi connectivity index (χ3n) is 10.7.